The van der Waals surface area contributed by atoms with E-state index in [0.29, 0.717) is 17.3 Å². The Morgan fingerprint density at radius 2 is 1.95 bits per heavy atom. The lowest BCUT2D eigenvalue weighted by Gasteiger charge is -2.49. The third-order valence-electron chi connectivity index (χ3n) is 4.98. The highest BCUT2D eigenvalue weighted by molar-refractivity contribution is 7.90. The molecule has 4 nitrogen and oxygen atoms in total. The van der Waals surface area contributed by atoms with E-state index in [1.165, 1.54) is 38.4 Å². The second kappa shape index (κ2) is 6.75. The van der Waals surface area contributed by atoms with Crippen molar-refractivity contribution in [2.75, 3.05) is 31.6 Å². The van der Waals surface area contributed by atoms with Gasteiger partial charge in [-0.2, -0.15) is 0 Å². The highest BCUT2D eigenvalue weighted by Crippen LogP contribution is 2.32. The van der Waals surface area contributed by atoms with E-state index < -0.39 is 9.84 Å². The summed E-state index contributed by atoms with van der Waals surface area (Å²) in [5.41, 5.74) is 0.314. The van der Waals surface area contributed by atoms with E-state index in [2.05, 4.69) is 17.1 Å². The van der Waals surface area contributed by atoms with E-state index in [0.717, 1.165) is 32.5 Å². The molecule has 0 aromatic heterocycles. The summed E-state index contributed by atoms with van der Waals surface area (Å²) in [7, 11) is -2.82. The van der Waals surface area contributed by atoms with Gasteiger partial charge < -0.3 is 5.32 Å². The quantitative estimate of drug-likeness (QED) is 0.841. The van der Waals surface area contributed by atoms with E-state index in [-0.39, 0.29) is 0 Å². The fraction of sp³-hybridized carbons (Fsp3) is 1.00. The molecule has 1 spiro atoms. The van der Waals surface area contributed by atoms with Crippen molar-refractivity contribution >= 4 is 9.84 Å². The van der Waals surface area contributed by atoms with Crippen LogP contribution >= 0.6 is 0 Å². The van der Waals surface area contributed by atoms with Gasteiger partial charge in [0.2, 0.25) is 0 Å². The van der Waals surface area contributed by atoms with Crippen molar-refractivity contribution in [1.29, 1.82) is 0 Å². The number of nitrogens with zero attached hydrogens (tertiary/aromatic N) is 1. The standard InChI is InChI=1S/C15H30N2O2S/c1-3-14-12-16-15(8-5-4-6-9-15)13-17(14)10-7-11-20(2,18)19/h14,16H,3-13H2,1-2H3. The zero-order valence-electron chi connectivity index (χ0n) is 13.0. The molecule has 1 atom stereocenters. The summed E-state index contributed by atoms with van der Waals surface area (Å²) in [6.07, 6.45) is 9.85. The normalized spacial score (nSPS) is 27.8. The monoisotopic (exact) mass is 302 g/mol. The van der Waals surface area contributed by atoms with Crippen LogP contribution in [0.15, 0.2) is 0 Å². The van der Waals surface area contributed by atoms with Crippen LogP contribution in [0.1, 0.15) is 51.9 Å². The number of hydrogen-bond acceptors (Lipinski definition) is 4. The SMILES string of the molecule is CCC1CNC2(CCCCC2)CN1CCCS(C)(=O)=O. The predicted octanol–water partition coefficient (Wildman–Crippen LogP) is 1.81. The molecule has 2 aliphatic rings. The first kappa shape index (κ1) is 16.2. The fourth-order valence-corrected chi connectivity index (χ4v) is 4.45. The smallest absolute Gasteiger partial charge is 0.147 e. The van der Waals surface area contributed by atoms with Crippen LogP contribution in [-0.4, -0.2) is 56.5 Å². The second-order valence-electron chi connectivity index (χ2n) is 6.74. The Bertz CT molecular complexity index is 402. The summed E-state index contributed by atoms with van der Waals surface area (Å²) in [5.74, 6) is 0.320. The van der Waals surface area contributed by atoms with E-state index in [1.54, 1.807) is 0 Å². The average Bonchev–Trinajstić information content (AvgIpc) is 2.38. The average molecular weight is 302 g/mol. The molecule has 0 bridgehead atoms. The van der Waals surface area contributed by atoms with Gasteiger partial charge in [-0.3, -0.25) is 4.90 Å². The van der Waals surface area contributed by atoms with Gasteiger partial charge in [0.25, 0.3) is 0 Å². The Kier molecular flexibility index (Phi) is 5.49. The van der Waals surface area contributed by atoms with Crippen molar-refractivity contribution in [3.05, 3.63) is 0 Å². The van der Waals surface area contributed by atoms with E-state index in [9.17, 15) is 8.42 Å². The van der Waals surface area contributed by atoms with Crippen LogP contribution in [0.25, 0.3) is 0 Å². The zero-order valence-corrected chi connectivity index (χ0v) is 13.8. The summed E-state index contributed by atoms with van der Waals surface area (Å²) in [5, 5.41) is 3.81. The van der Waals surface area contributed by atoms with E-state index in [1.807, 2.05) is 0 Å². The summed E-state index contributed by atoms with van der Waals surface area (Å²) in [6, 6.07) is 0.571. The minimum atomic E-state index is -2.82. The molecule has 0 amide bonds. The summed E-state index contributed by atoms with van der Waals surface area (Å²) in [4.78, 5) is 2.55. The lowest BCUT2D eigenvalue weighted by atomic mass is 9.79. The van der Waals surface area contributed by atoms with Crippen molar-refractivity contribution in [3.8, 4) is 0 Å². The Morgan fingerprint density at radius 3 is 2.55 bits per heavy atom. The van der Waals surface area contributed by atoms with Gasteiger partial charge >= 0.3 is 0 Å². The Hall–Kier alpha value is -0.130. The first-order valence-electron chi connectivity index (χ1n) is 8.11. The van der Waals surface area contributed by atoms with Crippen molar-refractivity contribution in [2.24, 2.45) is 0 Å². The first-order valence-corrected chi connectivity index (χ1v) is 10.2. The molecule has 1 heterocycles. The molecule has 1 aliphatic heterocycles. The molecule has 1 saturated heterocycles. The molecule has 1 N–H and O–H groups in total. The van der Waals surface area contributed by atoms with Gasteiger partial charge in [-0.1, -0.05) is 26.2 Å². The molecule has 1 saturated carbocycles. The highest BCUT2D eigenvalue weighted by atomic mass is 32.2. The fourth-order valence-electron chi connectivity index (χ4n) is 3.79. The lowest BCUT2D eigenvalue weighted by molar-refractivity contribution is 0.0543. The van der Waals surface area contributed by atoms with Crippen molar-refractivity contribution < 1.29 is 8.42 Å². The largest absolute Gasteiger partial charge is 0.308 e. The number of nitrogens with one attached hydrogen (secondary N) is 1. The molecular weight excluding hydrogens is 272 g/mol. The van der Waals surface area contributed by atoms with Crippen LogP contribution in [0.2, 0.25) is 0 Å². The summed E-state index contributed by atoms with van der Waals surface area (Å²) < 4.78 is 22.6. The maximum absolute atomic E-state index is 11.3. The van der Waals surface area contributed by atoms with Gasteiger partial charge in [0.1, 0.15) is 9.84 Å². The Balaban J connectivity index is 1.92. The Morgan fingerprint density at radius 1 is 1.25 bits per heavy atom. The number of piperazine rings is 1. The summed E-state index contributed by atoms with van der Waals surface area (Å²) >= 11 is 0. The molecule has 5 heteroatoms. The van der Waals surface area contributed by atoms with E-state index in [4.69, 9.17) is 0 Å². The maximum Gasteiger partial charge on any atom is 0.147 e. The van der Waals surface area contributed by atoms with Gasteiger partial charge in [-0.05, 0) is 32.2 Å². The lowest BCUT2D eigenvalue weighted by Crippen LogP contribution is -2.64. The maximum atomic E-state index is 11.3. The molecule has 0 radical (unpaired) electrons. The predicted molar refractivity (Wildman–Crippen MR) is 83.8 cm³/mol. The van der Waals surface area contributed by atoms with Crippen molar-refractivity contribution in [2.45, 2.75) is 63.5 Å². The van der Waals surface area contributed by atoms with Crippen LogP contribution in [0.5, 0.6) is 0 Å². The molecule has 118 valence electrons. The third-order valence-corrected chi connectivity index (χ3v) is 6.01. The number of rotatable bonds is 5. The van der Waals surface area contributed by atoms with Crippen molar-refractivity contribution in [1.82, 2.24) is 10.2 Å². The third kappa shape index (κ3) is 4.43. The number of sulfone groups is 1. The van der Waals surface area contributed by atoms with E-state index >= 15 is 0 Å². The van der Waals surface area contributed by atoms with Gasteiger partial charge in [-0.15, -0.1) is 0 Å². The molecule has 0 aromatic carbocycles. The molecule has 2 rings (SSSR count). The van der Waals surface area contributed by atoms with Crippen LogP contribution in [0, 0.1) is 0 Å². The van der Waals surface area contributed by atoms with Crippen LogP contribution < -0.4 is 5.32 Å². The van der Waals surface area contributed by atoms with Crippen LogP contribution in [-0.2, 0) is 9.84 Å². The molecule has 20 heavy (non-hydrogen) atoms. The minimum absolute atomic E-state index is 0.314. The topological polar surface area (TPSA) is 49.4 Å². The van der Waals surface area contributed by atoms with Gasteiger partial charge in [0.15, 0.2) is 0 Å². The van der Waals surface area contributed by atoms with Gasteiger partial charge in [-0.25, -0.2) is 8.42 Å². The van der Waals surface area contributed by atoms with Crippen molar-refractivity contribution in [3.63, 3.8) is 0 Å². The molecule has 1 aliphatic carbocycles. The minimum Gasteiger partial charge on any atom is -0.308 e. The molecule has 2 fully saturated rings. The van der Waals surface area contributed by atoms with Gasteiger partial charge in [0.05, 0.1) is 5.75 Å². The van der Waals surface area contributed by atoms with Gasteiger partial charge in [0, 0.05) is 30.9 Å². The number of hydrogen-bond donors (Lipinski definition) is 1. The molecular formula is C15H30N2O2S. The zero-order chi connectivity index (χ0) is 14.6. The molecule has 0 aromatic rings. The first-order chi connectivity index (χ1) is 9.44. The molecule has 1 unspecified atom stereocenters. The van der Waals surface area contributed by atoms with Crippen LogP contribution in [0.3, 0.4) is 0 Å². The second-order valence-corrected chi connectivity index (χ2v) is 9.00. The van der Waals surface area contributed by atoms with Crippen LogP contribution in [0.4, 0.5) is 0 Å². The highest BCUT2D eigenvalue weighted by Gasteiger charge is 2.38. The Labute approximate surface area is 124 Å². The summed E-state index contributed by atoms with van der Waals surface area (Å²) in [6.45, 7) is 5.33.